The van der Waals surface area contributed by atoms with E-state index in [1.54, 1.807) is 38.1 Å². The van der Waals surface area contributed by atoms with Crippen LogP contribution < -0.4 is 9.62 Å². The fraction of sp³-hybridized carbons (Fsp3) is 0.440. The van der Waals surface area contributed by atoms with E-state index in [4.69, 9.17) is 0 Å². The number of rotatable bonds is 10. The van der Waals surface area contributed by atoms with Crippen LogP contribution in [0.25, 0.3) is 0 Å². The second-order valence-electron chi connectivity index (χ2n) is 8.80. The van der Waals surface area contributed by atoms with E-state index in [2.05, 4.69) is 5.32 Å². The number of halogens is 1. The van der Waals surface area contributed by atoms with Crippen LogP contribution in [-0.4, -0.2) is 50.0 Å². The number of amides is 2. The molecule has 0 radical (unpaired) electrons. The van der Waals surface area contributed by atoms with Crippen LogP contribution in [0.15, 0.2) is 42.5 Å². The summed E-state index contributed by atoms with van der Waals surface area (Å²) >= 11 is 0. The average molecular weight is 492 g/mol. The quantitative estimate of drug-likeness (QED) is 0.551. The molecule has 2 amide bonds. The van der Waals surface area contributed by atoms with Crippen molar-refractivity contribution in [2.45, 2.75) is 59.7 Å². The minimum Gasteiger partial charge on any atom is -0.352 e. The molecule has 0 saturated carbocycles. The smallest absolute Gasteiger partial charge is 0.244 e. The summed E-state index contributed by atoms with van der Waals surface area (Å²) < 4.78 is 39.8. The maximum absolute atomic E-state index is 13.6. The van der Waals surface area contributed by atoms with Gasteiger partial charge in [0.25, 0.3) is 0 Å². The normalized spacial score (nSPS) is 12.4. The number of carbonyl (C=O) groups is 2. The molecule has 0 spiro atoms. The minimum absolute atomic E-state index is 0.0353. The average Bonchev–Trinajstić information content (AvgIpc) is 2.72. The van der Waals surface area contributed by atoms with E-state index >= 15 is 0 Å². The number of aryl methyl sites for hydroxylation is 2. The lowest BCUT2D eigenvalue weighted by Crippen LogP contribution is -2.53. The predicted octanol–water partition coefficient (Wildman–Crippen LogP) is 3.54. The van der Waals surface area contributed by atoms with E-state index in [0.717, 1.165) is 16.1 Å². The molecule has 1 atom stereocenters. The van der Waals surface area contributed by atoms with E-state index in [1.807, 2.05) is 26.8 Å². The van der Waals surface area contributed by atoms with Gasteiger partial charge in [-0.3, -0.25) is 13.9 Å². The summed E-state index contributed by atoms with van der Waals surface area (Å²) in [7, 11) is -3.80. The Hall–Kier alpha value is -2.94. The number of hydrogen-bond donors (Lipinski definition) is 1. The van der Waals surface area contributed by atoms with Crippen LogP contribution in [0.5, 0.6) is 0 Å². The summed E-state index contributed by atoms with van der Waals surface area (Å²) in [6.07, 6.45) is 1.38. The Morgan fingerprint density at radius 2 is 1.68 bits per heavy atom. The second-order valence-corrected chi connectivity index (χ2v) is 10.7. The van der Waals surface area contributed by atoms with Gasteiger partial charge in [0, 0.05) is 12.6 Å². The van der Waals surface area contributed by atoms with Crippen molar-refractivity contribution in [2.75, 3.05) is 17.1 Å². The summed E-state index contributed by atoms with van der Waals surface area (Å²) in [6, 6.07) is 10.0. The highest BCUT2D eigenvalue weighted by molar-refractivity contribution is 7.92. The van der Waals surface area contributed by atoms with E-state index in [1.165, 1.54) is 17.0 Å². The first-order valence-corrected chi connectivity index (χ1v) is 13.1. The SMILES string of the molecule is CC[C@H](C(=O)NC(C)C)N(Cc1ccc(F)cc1)C(=O)CN(c1ccc(C)cc1C)S(C)(=O)=O. The van der Waals surface area contributed by atoms with Gasteiger partial charge in [-0.2, -0.15) is 0 Å². The van der Waals surface area contributed by atoms with Gasteiger partial charge < -0.3 is 10.2 Å². The number of benzene rings is 2. The molecule has 34 heavy (non-hydrogen) atoms. The van der Waals surface area contributed by atoms with E-state index < -0.39 is 34.3 Å². The Bertz CT molecular complexity index is 1120. The molecule has 0 saturated heterocycles. The third-order valence-corrected chi connectivity index (χ3v) is 6.51. The number of anilines is 1. The van der Waals surface area contributed by atoms with Crippen molar-refractivity contribution in [2.24, 2.45) is 0 Å². The Morgan fingerprint density at radius 1 is 1.06 bits per heavy atom. The molecule has 2 aromatic carbocycles. The molecule has 0 aliphatic heterocycles. The van der Waals surface area contributed by atoms with Crippen LogP contribution in [-0.2, 0) is 26.2 Å². The predicted molar refractivity (Wildman–Crippen MR) is 132 cm³/mol. The first-order chi connectivity index (χ1) is 15.8. The zero-order chi connectivity index (χ0) is 25.6. The fourth-order valence-corrected chi connectivity index (χ4v) is 4.67. The number of carbonyl (C=O) groups excluding carboxylic acids is 2. The van der Waals surface area contributed by atoms with E-state index in [0.29, 0.717) is 23.2 Å². The monoisotopic (exact) mass is 491 g/mol. The van der Waals surface area contributed by atoms with Crippen LogP contribution in [0.1, 0.15) is 43.9 Å². The third kappa shape index (κ3) is 7.28. The number of sulfonamides is 1. The molecule has 0 bridgehead atoms. The molecule has 2 rings (SSSR count). The number of nitrogens with zero attached hydrogens (tertiary/aromatic N) is 2. The van der Waals surface area contributed by atoms with Crippen molar-refractivity contribution < 1.29 is 22.4 Å². The van der Waals surface area contributed by atoms with Gasteiger partial charge in [0.05, 0.1) is 11.9 Å². The highest BCUT2D eigenvalue weighted by atomic mass is 32.2. The Balaban J connectivity index is 2.46. The lowest BCUT2D eigenvalue weighted by Gasteiger charge is -2.33. The molecule has 0 fully saturated rings. The molecule has 0 heterocycles. The highest BCUT2D eigenvalue weighted by Crippen LogP contribution is 2.24. The third-order valence-electron chi connectivity index (χ3n) is 5.38. The van der Waals surface area contributed by atoms with Crippen molar-refractivity contribution in [3.05, 3.63) is 65.0 Å². The zero-order valence-corrected chi connectivity index (χ0v) is 21.4. The topological polar surface area (TPSA) is 86.8 Å². The van der Waals surface area contributed by atoms with E-state index in [-0.39, 0.29) is 18.5 Å². The van der Waals surface area contributed by atoms with Crippen molar-refractivity contribution in [1.29, 1.82) is 0 Å². The molecular weight excluding hydrogens is 457 g/mol. The maximum Gasteiger partial charge on any atom is 0.244 e. The van der Waals surface area contributed by atoms with Gasteiger partial charge in [0.15, 0.2) is 0 Å². The van der Waals surface area contributed by atoms with Crippen molar-refractivity contribution in [1.82, 2.24) is 10.2 Å². The van der Waals surface area contributed by atoms with Gasteiger partial charge in [-0.25, -0.2) is 12.8 Å². The molecule has 1 N–H and O–H groups in total. The zero-order valence-electron chi connectivity index (χ0n) is 20.6. The molecule has 0 unspecified atom stereocenters. The van der Waals surface area contributed by atoms with Gasteiger partial charge in [0.2, 0.25) is 21.8 Å². The summed E-state index contributed by atoms with van der Waals surface area (Å²) in [6.45, 7) is 8.68. The van der Waals surface area contributed by atoms with Gasteiger partial charge in [0.1, 0.15) is 18.4 Å². The first kappa shape index (κ1) is 27.3. The van der Waals surface area contributed by atoms with Gasteiger partial charge in [-0.15, -0.1) is 0 Å². The molecular formula is C25H34FN3O4S. The number of hydrogen-bond acceptors (Lipinski definition) is 4. The summed E-state index contributed by atoms with van der Waals surface area (Å²) in [4.78, 5) is 27.9. The van der Waals surface area contributed by atoms with Crippen LogP contribution in [0.4, 0.5) is 10.1 Å². The standard InChI is InChI=1S/C25H34FN3O4S/c1-7-22(25(31)27-17(2)3)28(15-20-9-11-21(26)12-10-20)24(30)16-29(34(6,32)33)23-13-8-18(4)14-19(23)5/h8-14,17,22H,7,15-16H2,1-6H3,(H,27,31)/t22-/m1/s1. The van der Waals surface area contributed by atoms with Gasteiger partial charge in [-0.1, -0.05) is 36.8 Å². The number of nitrogens with one attached hydrogen (secondary N) is 1. The van der Waals surface area contributed by atoms with Gasteiger partial charge >= 0.3 is 0 Å². The van der Waals surface area contributed by atoms with Crippen LogP contribution in [0.2, 0.25) is 0 Å². The minimum atomic E-state index is -3.80. The maximum atomic E-state index is 13.6. The Labute approximate surface area is 202 Å². The lowest BCUT2D eigenvalue weighted by molar-refractivity contribution is -0.140. The van der Waals surface area contributed by atoms with Crippen molar-refractivity contribution in [3.63, 3.8) is 0 Å². The van der Waals surface area contributed by atoms with E-state index in [9.17, 15) is 22.4 Å². The second kappa shape index (κ2) is 11.5. The van der Waals surface area contributed by atoms with Crippen LogP contribution in [0, 0.1) is 19.7 Å². The highest BCUT2D eigenvalue weighted by Gasteiger charge is 2.32. The molecule has 7 nitrogen and oxygen atoms in total. The van der Waals surface area contributed by atoms with Crippen LogP contribution >= 0.6 is 0 Å². The van der Waals surface area contributed by atoms with Gasteiger partial charge in [-0.05, 0) is 63.4 Å². The van der Waals surface area contributed by atoms with Crippen LogP contribution in [0.3, 0.4) is 0 Å². The van der Waals surface area contributed by atoms with Crippen molar-refractivity contribution >= 4 is 27.5 Å². The molecule has 2 aromatic rings. The summed E-state index contributed by atoms with van der Waals surface area (Å²) in [5.41, 5.74) is 2.72. The molecule has 0 aliphatic rings. The largest absolute Gasteiger partial charge is 0.352 e. The summed E-state index contributed by atoms with van der Waals surface area (Å²) in [5, 5.41) is 2.83. The molecule has 186 valence electrons. The first-order valence-electron chi connectivity index (χ1n) is 11.2. The molecule has 0 aromatic heterocycles. The summed E-state index contributed by atoms with van der Waals surface area (Å²) in [5.74, 6) is -1.27. The molecule has 0 aliphatic carbocycles. The Morgan fingerprint density at radius 3 is 2.18 bits per heavy atom. The fourth-order valence-electron chi connectivity index (χ4n) is 3.77. The van der Waals surface area contributed by atoms with Crippen molar-refractivity contribution in [3.8, 4) is 0 Å². The lowest BCUT2D eigenvalue weighted by atomic mass is 10.1. The molecule has 9 heteroatoms. The Kier molecular flexibility index (Phi) is 9.21.